The normalized spacial score (nSPS) is 36.3. The minimum absolute atomic E-state index is 0.633. The molecule has 1 aliphatic carbocycles. The average molecular weight is 747 g/mol. The fourth-order valence-electron chi connectivity index (χ4n) is 12.0. The van der Waals surface area contributed by atoms with E-state index in [4.69, 9.17) is 0 Å². The zero-order valence-corrected chi connectivity index (χ0v) is 34.0. The van der Waals surface area contributed by atoms with Gasteiger partial charge in [-0.05, 0) is 120 Å². The lowest BCUT2D eigenvalue weighted by molar-refractivity contribution is 0.112. The fraction of sp³-hybridized carbons (Fsp3) is 0.864. The van der Waals surface area contributed by atoms with E-state index < -0.39 is 0 Å². The van der Waals surface area contributed by atoms with Gasteiger partial charge < -0.3 is 26.6 Å². The van der Waals surface area contributed by atoms with Gasteiger partial charge in [0.05, 0.1) is 0 Å². The number of nitrogens with one attached hydrogen (secondary N) is 5. The molecule has 2 bridgehead atoms. The Morgan fingerprint density at radius 2 is 1.04 bits per heavy atom. The third kappa shape index (κ3) is 10.3. The molecule has 10 fully saturated rings. The van der Waals surface area contributed by atoms with E-state index in [2.05, 4.69) is 75.3 Å². The minimum atomic E-state index is 0.633. The van der Waals surface area contributed by atoms with Gasteiger partial charge in [0.15, 0.2) is 0 Å². The number of nitrogens with zero attached hydrogens (tertiary/aromatic N) is 5. The summed E-state index contributed by atoms with van der Waals surface area (Å²) in [5.74, 6) is 1.05. The first-order chi connectivity index (χ1) is 26.8. The largest absolute Gasteiger partial charge is 0.315 e. The van der Waals surface area contributed by atoms with Crippen molar-refractivity contribution in [2.75, 3.05) is 124 Å². The van der Waals surface area contributed by atoms with Gasteiger partial charge in [-0.25, -0.2) is 0 Å². The molecule has 10 aliphatic heterocycles. The van der Waals surface area contributed by atoms with Gasteiger partial charge in [0.1, 0.15) is 0 Å². The SMILES string of the molecule is C1CC2CNCCN2C1.C1CCN2CCNCC2C1.C1CN2C3CCC(C3)C2CN1.C1CNCC2CCCN2C1.c1ccc2c(c1)CCN1CCNCC21. The van der Waals surface area contributed by atoms with Crippen LogP contribution in [0.3, 0.4) is 0 Å². The number of hydrogen-bond donors (Lipinski definition) is 5. The standard InChI is InChI=1S/C12H16N2.C9H16N2.2C8H16N2.C7H14N2/c1-2-4-11-10(3-1)5-7-14-8-6-13-9-12(11)14;1-2-8-5-7(1)9-6-10-3-4-11(8)9;1-3-8-7-9-4-2-6-10(8)5-1;1-2-5-10-6-4-9-7-8(10)3-1;1-2-7-6-8-3-5-9(7)4-1/h1-4,12-13H,5-9H2;7-10H,1-6H2;2*8-9H,1-7H2;7-8H,1-6H2. The molecule has 304 valence electrons. The summed E-state index contributed by atoms with van der Waals surface area (Å²) in [5.41, 5.74) is 3.10. The van der Waals surface area contributed by atoms with Gasteiger partial charge in [0.25, 0.3) is 0 Å². The molecule has 1 aromatic carbocycles. The van der Waals surface area contributed by atoms with E-state index in [1.165, 1.54) is 188 Å². The Morgan fingerprint density at radius 3 is 1.78 bits per heavy atom. The fourth-order valence-corrected chi connectivity index (χ4v) is 12.0. The molecule has 54 heavy (non-hydrogen) atoms. The Hall–Kier alpha value is -1.18. The van der Waals surface area contributed by atoms with Crippen molar-refractivity contribution in [3.63, 3.8) is 0 Å². The Morgan fingerprint density at radius 1 is 0.444 bits per heavy atom. The van der Waals surface area contributed by atoms with Crippen molar-refractivity contribution in [1.29, 1.82) is 0 Å². The summed E-state index contributed by atoms with van der Waals surface area (Å²) in [5, 5.41) is 17.3. The zero-order valence-electron chi connectivity index (χ0n) is 34.0. The molecule has 10 nitrogen and oxygen atoms in total. The number of piperidine rings is 2. The van der Waals surface area contributed by atoms with E-state index >= 15 is 0 Å². The molecule has 0 amide bonds. The molecule has 7 atom stereocenters. The van der Waals surface area contributed by atoms with Gasteiger partial charge in [-0.2, -0.15) is 0 Å². The lowest BCUT2D eigenvalue weighted by atomic mass is 9.91. The first-order valence-corrected chi connectivity index (χ1v) is 23.1. The van der Waals surface area contributed by atoms with E-state index in [-0.39, 0.29) is 0 Å². The molecule has 1 aromatic rings. The molecular formula is C44H78N10. The maximum absolute atomic E-state index is 3.50. The van der Waals surface area contributed by atoms with E-state index in [1.54, 1.807) is 11.1 Å². The second kappa shape index (κ2) is 20.5. The summed E-state index contributed by atoms with van der Waals surface area (Å²) in [4.78, 5) is 13.3. The van der Waals surface area contributed by atoms with Crippen molar-refractivity contribution >= 4 is 0 Å². The summed E-state index contributed by atoms with van der Waals surface area (Å²) in [6.45, 7) is 23.8. The van der Waals surface area contributed by atoms with E-state index in [0.29, 0.717) is 6.04 Å². The van der Waals surface area contributed by atoms with Crippen LogP contribution in [-0.2, 0) is 6.42 Å². The number of hydrogen-bond acceptors (Lipinski definition) is 10. The molecule has 10 heteroatoms. The van der Waals surface area contributed by atoms with Gasteiger partial charge in [-0.15, -0.1) is 0 Å². The maximum Gasteiger partial charge on any atom is 0.0476 e. The zero-order chi connectivity index (χ0) is 36.4. The van der Waals surface area contributed by atoms with Crippen LogP contribution in [0.2, 0.25) is 0 Å². The molecular weight excluding hydrogens is 669 g/mol. The van der Waals surface area contributed by atoms with Gasteiger partial charge in [-0.1, -0.05) is 30.7 Å². The number of benzene rings is 1. The van der Waals surface area contributed by atoms with Crippen LogP contribution in [0.4, 0.5) is 0 Å². The average Bonchev–Trinajstić information content (AvgIpc) is 4.07. The van der Waals surface area contributed by atoms with Gasteiger partial charge in [0, 0.05) is 128 Å². The molecule has 0 radical (unpaired) electrons. The quantitative estimate of drug-likeness (QED) is 0.274. The molecule has 10 heterocycles. The third-order valence-corrected chi connectivity index (χ3v) is 15.1. The monoisotopic (exact) mass is 747 g/mol. The number of fused-ring (bicyclic) bond motifs is 11. The smallest absolute Gasteiger partial charge is 0.0476 e. The van der Waals surface area contributed by atoms with Crippen LogP contribution in [0.5, 0.6) is 0 Å². The summed E-state index contributed by atoms with van der Waals surface area (Å²) in [6.07, 6.45) is 17.1. The summed E-state index contributed by atoms with van der Waals surface area (Å²) >= 11 is 0. The van der Waals surface area contributed by atoms with Gasteiger partial charge in [-0.3, -0.25) is 24.5 Å². The van der Waals surface area contributed by atoms with E-state index in [0.717, 1.165) is 49.2 Å². The van der Waals surface area contributed by atoms with Gasteiger partial charge in [0.2, 0.25) is 0 Å². The summed E-state index contributed by atoms with van der Waals surface area (Å²) in [7, 11) is 0. The molecule has 1 saturated carbocycles. The van der Waals surface area contributed by atoms with Crippen LogP contribution in [0.1, 0.15) is 87.8 Å². The second-order valence-electron chi connectivity index (χ2n) is 18.3. The van der Waals surface area contributed by atoms with Crippen molar-refractivity contribution in [3.05, 3.63) is 35.4 Å². The number of rotatable bonds is 0. The predicted molar refractivity (Wildman–Crippen MR) is 223 cm³/mol. The van der Waals surface area contributed by atoms with E-state index in [9.17, 15) is 0 Å². The molecule has 12 rings (SSSR count). The second-order valence-corrected chi connectivity index (χ2v) is 18.3. The van der Waals surface area contributed by atoms with E-state index in [1.807, 2.05) is 0 Å². The highest BCUT2D eigenvalue weighted by atomic mass is 15.3. The minimum Gasteiger partial charge on any atom is -0.315 e. The van der Waals surface area contributed by atoms with Crippen molar-refractivity contribution in [2.24, 2.45) is 5.92 Å². The summed E-state index contributed by atoms with van der Waals surface area (Å²) in [6, 6.07) is 14.1. The molecule has 5 N–H and O–H groups in total. The molecule has 7 unspecified atom stereocenters. The first-order valence-electron chi connectivity index (χ1n) is 23.1. The Labute approximate surface area is 329 Å². The predicted octanol–water partition coefficient (Wildman–Crippen LogP) is 2.57. The highest BCUT2D eigenvalue weighted by Gasteiger charge is 2.46. The highest BCUT2D eigenvalue weighted by molar-refractivity contribution is 5.33. The topological polar surface area (TPSA) is 76.4 Å². The summed E-state index contributed by atoms with van der Waals surface area (Å²) < 4.78 is 0. The Balaban J connectivity index is 0.0000000966. The Kier molecular flexibility index (Phi) is 15.0. The molecule has 0 spiro atoms. The Bertz CT molecular complexity index is 1180. The van der Waals surface area contributed by atoms with Crippen molar-refractivity contribution in [1.82, 2.24) is 51.1 Å². The molecule has 0 aromatic heterocycles. The van der Waals surface area contributed by atoms with Crippen molar-refractivity contribution in [3.8, 4) is 0 Å². The lowest BCUT2D eigenvalue weighted by Gasteiger charge is -2.40. The highest BCUT2D eigenvalue weighted by Crippen LogP contribution is 2.42. The van der Waals surface area contributed by atoms with Crippen LogP contribution < -0.4 is 26.6 Å². The lowest BCUT2D eigenvalue weighted by Crippen LogP contribution is -2.53. The van der Waals surface area contributed by atoms with Crippen LogP contribution in [0.15, 0.2) is 24.3 Å². The van der Waals surface area contributed by atoms with Crippen molar-refractivity contribution in [2.45, 2.75) is 113 Å². The first kappa shape index (κ1) is 39.6. The number of piperazine rings is 4. The van der Waals surface area contributed by atoms with Crippen LogP contribution >= 0.6 is 0 Å². The van der Waals surface area contributed by atoms with Gasteiger partial charge >= 0.3 is 0 Å². The maximum atomic E-state index is 3.50. The van der Waals surface area contributed by atoms with Crippen LogP contribution in [0.25, 0.3) is 0 Å². The molecule has 11 aliphatic rings. The third-order valence-electron chi connectivity index (χ3n) is 15.1. The van der Waals surface area contributed by atoms with Crippen LogP contribution in [0, 0.1) is 5.92 Å². The molecule has 9 saturated heterocycles. The van der Waals surface area contributed by atoms with Crippen LogP contribution in [-0.4, -0.2) is 179 Å². The van der Waals surface area contributed by atoms with Crippen molar-refractivity contribution < 1.29 is 0 Å².